The molecule has 0 bridgehead atoms. The number of carboxylic acid groups (broad SMARTS) is 1. The van der Waals surface area contributed by atoms with Gasteiger partial charge in [0.2, 0.25) is 0 Å². The number of hydrogen-bond donors (Lipinski definition) is 1. The first-order valence-corrected chi connectivity index (χ1v) is 6.57. The van der Waals surface area contributed by atoms with E-state index in [4.69, 9.17) is 5.11 Å². The fourth-order valence-corrected chi connectivity index (χ4v) is 2.53. The summed E-state index contributed by atoms with van der Waals surface area (Å²) in [5, 5.41) is 11.0. The summed E-state index contributed by atoms with van der Waals surface area (Å²) < 4.78 is 0. The first-order chi connectivity index (χ1) is 9.09. The maximum absolute atomic E-state index is 12.3. The third-order valence-corrected chi connectivity index (χ3v) is 3.57. The fraction of sp³-hybridized carbons (Fsp3) is 0.143. The lowest BCUT2D eigenvalue weighted by atomic mass is 10.1. The van der Waals surface area contributed by atoms with Gasteiger partial charge in [-0.3, -0.25) is 4.79 Å². The van der Waals surface area contributed by atoms with Crippen molar-refractivity contribution in [3.8, 4) is 0 Å². The minimum absolute atomic E-state index is 0.0329. The Labute approximate surface area is 114 Å². The monoisotopic (exact) mass is 275 g/mol. The summed E-state index contributed by atoms with van der Waals surface area (Å²) in [6.07, 6.45) is 0. The molecule has 0 aliphatic rings. The van der Waals surface area contributed by atoms with Gasteiger partial charge in [-0.2, -0.15) is 0 Å². The second kappa shape index (κ2) is 5.67. The number of carbonyl (C=O) groups is 2. The second-order valence-electron chi connectivity index (χ2n) is 4.09. The molecule has 0 saturated carbocycles. The summed E-state index contributed by atoms with van der Waals surface area (Å²) in [5.74, 6) is -1.38. The summed E-state index contributed by atoms with van der Waals surface area (Å²) >= 11 is 1.56. The number of carbonyl (C=O) groups excluding carboxylic acids is 1. The maximum Gasteiger partial charge on any atom is 0.336 e. The summed E-state index contributed by atoms with van der Waals surface area (Å²) in [5.41, 5.74) is 0.250. The van der Waals surface area contributed by atoms with Crippen LogP contribution in [0.25, 0.3) is 0 Å². The lowest BCUT2D eigenvalue weighted by molar-refractivity contribution is 0.0680. The minimum atomic E-state index is -1.09. The van der Waals surface area contributed by atoms with E-state index in [1.165, 1.54) is 17.0 Å². The number of carboxylic acids is 1. The van der Waals surface area contributed by atoms with E-state index in [1.54, 1.807) is 30.5 Å². The van der Waals surface area contributed by atoms with Gasteiger partial charge in [0, 0.05) is 11.9 Å². The predicted molar refractivity (Wildman–Crippen MR) is 73.5 cm³/mol. The molecule has 0 atom stereocenters. The Hall–Kier alpha value is -2.14. The van der Waals surface area contributed by atoms with Gasteiger partial charge in [-0.1, -0.05) is 18.2 Å². The van der Waals surface area contributed by atoms with E-state index in [0.717, 1.165) is 4.88 Å². The molecule has 2 rings (SSSR count). The first-order valence-electron chi connectivity index (χ1n) is 5.69. The van der Waals surface area contributed by atoms with Crippen LogP contribution in [0.4, 0.5) is 0 Å². The van der Waals surface area contributed by atoms with E-state index >= 15 is 0 Å². The van der Waals surface area contributed by atoms with Crippen molar-refractivity contribution >= 4 is 23.2 Å². The van der Waals surface area contributed by atoms with Crippen molar-refractivity contribution in [1.29, 1.82) is 0 Å². The second-order valence-corrected chi connectivity index (χ2v) is 5.12. The van der Waals surface area contributed by atoms with Crippen molar-refractivity contribution in [3.05, 3.63) is 57.8 Å². The van der Waals surface area contributed by atoms with Crippen molar-refractivity contribution < 1.29 is 14.7 Å². The number of nitrogens with zero attached hydrogens (tertiary/aromatic N) is 1. The quantitative estimate of drug-likeness (QED) is 0.933. The van der Waals surface area contributed by atoms with Crippen molar-refractivity contribution in [1.82, 2.24) is 4.90 Å². The van der Waals surface area contributed by atoms with Gasteiger partial charge in [0.05, 0.1) is 17.7 Å². The van der Waals surface area contributed by atoms with Gasteiger partial charge in [-0.15, -0.1) is 11.3 Å². The molecule has 1 aromatic heterocycles. The van der Waals surface area contributed by atoms with E-state index in [9.17, 15) is 9.59 Å². The third kappa shape index (κ3) is 3.00. The van der Waals surface area contributed by atoms with Crippen molar-refractivity contribution in [2.24, 2.45) is 0 Å². The highest BCUT2D eigenvalue weighted by Crippen LogP contribution is 2.15. The Bertz CT molecular complexity index is 592. The number of hydrogen-bond acceptors (Lipinski definition) is 3. The molecule has 0 aliphatic carbocycles. The smallest absolute Gasteiger partial charge is 0.336 e. The van der Waals surface area contributed by atoms with Crippen LogP contribution in [0.5, 0.6) is 0 Å². The molecule has 1 heterocycles. The van der Waals surface area contributed by atoms with Gasteiger partial charge >= 0.3 is 5.97 Å². The Morgan fingerprint density at radius 1 is 1.16 bits per heavy atom. The molecular formula is C14H13NO3S. The van der Waals surface area contributed by atoms with Crippen LogP contribution in [0, 0.1) is 0 Å². The molecule has 1 aromatic carbocycles. The van der Waals surface area contributed by atoms with Crippen LogP contribution < -0.4 is 0 Å². The molecule has 0 unspecified atom stereocenters. The highest BCUT2D eigenvalue weighted by Gasteiger charge is 2.19. The van der Waals surface area contributed by atoms with Crippen LogP contribution in [-0.2, 0) is 6.54 Å². The first kappa shape index (κ1) is 13.3. The summed E-state index contributed by atoms with van der Waals surface area (Å²) in [7, 11) is 1.67. The molecule has 0 aliphatic heterocycles. The zero-order valence-corrected chi connectivity index (χ0v) is 11.2. The highest BCUT2D eigenvalue weighted by molar-refractivity contribution is 7.09. The van der Waals surface area contributed by atoms with Gasteiger partial charge in [-0.25, -0.2) is 4.79 Å². The highest BCUT2D eigenvalue weighted by atomic mass is 32.1. The molecule has 2 aromatic rings. The molecule has 0 saturated heterocycles. The molecule has 0 fully saturated rings. The molecule has 0 spiro atoms. The molecule has 5 heteroatoms. The van der Waals surface area contributed by atoms with Crippen molar-refractivity contribution in [2.75, 3.05) is 7.05 Å². The van der Waals surface area contributed by atoms with Crippen molar-refractivity contribution in [2.45, 2.75) is 6.54 Å². The number of amides is 1. The number of thiophene rings is 1. The Morgan fingerprint density at radius 3 is 2.42 bits per heavy atom. The van der Waals surface area contributed by atoms with E-state index in [2.05, 4.69) is 0 Å². The topological polar surface area (TPSA) is 57.6 Å². The Morgan fingerprint density at radius 2 is 1.84 bits per heavy atom. The van der Waals surface area contributed by atoms with Crippen LogP contribution in [0.1, 0.15) is 25.6 Å². The van der Waals surface area contributed by atoms with E-state index in [-0.39, 0.29) is 17.0 Å². The summed E-state index contributed by atoms with van der Waals surface area (Å²) in [6, 6.07) is 10.1. The lowest BCUT2D eigenvalue weighted by Crippen LogP contribution is -2.27. The fourth-order valence-electron chi connectivity index (χ4n) is 1.77. The number of benzene rings is 1. The average molecular weight is 275 g/mol. The van der Waals surface area contributed by atoms with E-state index in [0.29, 0.717) is 6.54 Å². The molecule has 4 nitrogen and oxygen atoms in total. The molecule has 1 amide bonds. The normalized spacial score (nSPS) is 10.2. The Balaban J connectivity index is 2.22. The van der Waals surface area contributed by atoms with E-state index in [1.807, 2.05) is 17.5 Å². The largest absolute Gasteiger partial charge is 0.478 e. The predicted octanol–water partition coefficient (Wildman–Crippen LogP) is 2.72. The standard InChI is InChI=1S/C14H13NO3S/c1-15(9-10-5-4-8-19-10)13(16)11-6-2-3-7-12(11)14(17)18/h2-8H,9H2,1H3,(H,17,18). The minimum Gasteiger partial charge on any atom is -0.478 e. The lowest BCUT2D eigenvalue weighted by Gasteiger charge is -2.17. The van der Waals surface area contributed by atoms with Gasteiger partial charge < -0.3 is 10.0 Å². The number of aromatic carboxylic acids is 1. The van der Waals surface area contributed by atoms with Gasteiger partial charge in [-0.05, 0) is 23.6 Å². The van der Waals surface area contributed by atoms with Crippen LogP contribution in [-0.4, -0.2) is 28.9 Å². The molecule has 0 radical (unpaired) electrons. The van der Waals surface area contributed by atoms with E-state index < -0.39 is 5.97 Å². The van der Waals surface area contributed by atoms with Gasteiger partial charge in [0.1, 0.15) is 0 Å². The van der Waals surface area contributed by atoms with Crippen LogP contribution in [0.2, 0.25) is 0 Å². The number of rotatable bonds is 4. The SMILES string of the molecule is CN(Cc1cccs1)C(=O)c1ccccc1C(=O)O. The summed E-state index contributed by atoms with van der Waals surface area (Å²) in [6.45, 7) is 0.477. The average Bonchev–Trinajstić information content (AvgIpc) is 2.90. The summed E-state index contributed by atoms with van der Waals surface area (Å²) in [4.78, 5) is 25.9. The van der Waals surface area contributed by atoms with Crippen LogP contribution >= 0.6 is 11.3 Å². The Kier molecular flexibility index (Phi) is 3.97. The zero-order chi connectivity index (χ0) is 13.8. The molecule has 1 N–H and O–H groups in total. The zero-order valence-electron chi connectivity index (χ0n) is 10.4. The molecule has 19 heavy (non-hydrogen) atoms. The third-order valence-electron chi connectivity index (χ3n) is 2.71. The van der Waals surface area contributed by atoms with Crippen LogP contribution in [0.15, 0.2) is 41.8 Å². The van der Waals surface area contributed by atoms with Crippen LogP contribution in [0.3, 0.4) is 0 Å². The van der Waals surface area contributed by atoms with Gasteiger partial charge in [0.15, 0.2) is 0 Å². The molecular weight excluding hydrogens is 262 g/mol. The maximum atomic E-state index is 12.3. The van der Waals surface area contributed by atoms with Crippen molar-refractivity contribution in [3.63, 3.8) is 0 Å². The molecule has 98 valence electrons. The van der Waals surface area contributed by atoms with Gasteiger partial charge in [0.25, 0.3) is 5.91 Å².